The fourth-order valence-corrected chi connectivity index (χ4v) is 0.744. The third-order valence-corrected chi connectivity index (χ3v) is 1.31. The van der Waals surface area contributed by atoms with E-state index in [0.717, 1.165) is 5.03 Å². The highest BCUT2D eigenvalue weighted by atomic mass is 32.2. The van der Waals surface area contributed by atoms with Gasteiger partial charge in [-0.15, -0.1) is 18.2 Å². The molecule has 0 N–H and O–H groups in total. The van der Waals surface area contributed by atoms with Gasteiger partial charge >= 0.3 is 0 Å². The van der Waals surface area contributed by atoms with Crippen molar-refractivity contribution in [3.05, 3.63) is 11.1 Å². The molecule has 0 saturated carbocycles. The zero-order chi connectivity index (χ0) is 7.11. The predicted molar refractivity (Wildman–Crippen MR) is 44.6 cm³/mol. The molecule has 0 rings (SSSR count). The topological polar surface area (TPSA) is 12.4 Å². The van der Waals surface area contributed by atoms with Crippen LogP contribution in [0.25, 0.3) is 0 Å². The summed E-state index contributed by atoms with van der Waals surface area (Å²) < 4.78 is 0. The van der Waals surface area contributed by atoms with E-state index in [2.05, 4.69) is 10.9 Å². The van der Waals surface area contributed by atoms with E-state index in [9.17, 15) is 0 Å². The molecule has 0 atom stereocenters. The fourth-order valence-electron chi connectivity index (χ4n) is 0.347. The fraction of sp³-hybridized carbons (Fsp3) is 0.286. The molecule has 0 bridgehead atoms. The molecule has 0 aliphatic rings. The van der Waals surface area contributed by atoms with Crippen molar-refractivity contribution < 1.29 is 0 Å². The highest BCUT2D eigenvalue weighted by Gasteiger charge is 1.83. The van der Waals surface area contributed by atoms with E-state index >= 15 is 0 Å². The Bertz CT molecular complexity index is 162. The Morgan fingerprint density at radius 2 is 2.44 bits per heavy atom. The number of hydrogen-bond donors (Lipinski definition) is 0. The van der Waals surface area contributed by atoms with Crippen molar-refractivity contribution in [1.29, 1.82) is 0 Å². The van der Waals surface area contributed by atoms with Crippen LogP contribution in [0.5, 0.6) is 0 Å². The number of hydrogen-bond acceptors (Lipinski definition) is 2. The van der Waals surface area contributed by atoms with Gasteiger partial charge < -0.3 is 0 Å². The number of thioether (sulfide) groups is 1. The summed E-state index contributed by atoms with van der Waals surface area (Å²) in [6.45, 7) is 1.86. The lowest BCUT2D eigenvalue weighted by molar-refractivity contribution is 1.54. The number of nitrogens with zero attached hydrogens (tertiary/aromatic N) is 1. The smallest absolute Gasteiger partial charge is 0.104 e. The van der Waals surface area contributed by atoms with E-state index in [1.165, 1.54) is 11.8 Å². The maximum absolute atomic E-state index is 5.02. The van der Waals surface area contributed by atoms with E-state index in [-0.39, 0.29) is 0 Å². The van der Waals surface area contributed by atoms with Crippen LogP contribution in [0, 0.1) is 12.3 Å². The van der Waals surface area contributed by atoms with E-state index in [4.69, 9.17) is 6.42 Å². The van der Waals surface area contributed by atoms with E-state index < -0.39 is 0 Å². The minimum atomic E-state index is 0.875. The van der Waals surface area contributed by atoms with Crippen LogP contribution >= 0.6 is 11.8 Å². The van der Waals surface area contributed by atoms with Gasteiger partial charge in [-0.25, -0.2) is 0 Å². The van der Waals surface area contributed by atoms with Crippen LogP contribution < -0.4 is 0 Å². The Balaban J connectivity index is 4.02. The molecule has 9 heavy (non-hydrogen) atoms. The molecule has 0 unspecified atom stereocenters. The van der Waals surface area contributed by atoms with Crippen molar-refractivity contribution >= 4 is 18.0 Å². The van der Waals surface area contributed by atoms with E-state index in [1.807, 2.05) is 13.2 Å². The molecule has 0 aromatic rings. The van der Waals surface area contributed by atoms with Crippen LogP contribution in [-0.4, -0.2) is 12.5 Å². The van der Waals surface area contributed by atoms with Crippen LogP contribution in [0.4, 0.5) is 0 Å². The first-order valence-electron chi connectivity index (χ1n) is 2.54. The summed E-state index contributed by atoms with van der Waals surface area (Å²) in [5.41, 5.74) is 0. The summed E-state index contributed by atoms with van der Waals surface area (Å²) in [7, 11) is 0. The molecular weight excluding hydrogens is 130 g/mol. The zero-order valence-corrected chi connectivity index (χ0v) is 6.40. The first-order chi connectivity index (χ1) is 4.35. The van der Waals surface area contributed by atoms with Gasteiger partial charge in [-0.2, -0.15) is 0 Å². The Hall–Kier alpha value is -0.680. The van der Waals surface area contributed by atoms with E-state index in [0.29, 0.717) is 0 Å². The molecular formula is C7H9NS. The van der Waals surface area contributed by atoms with Gasteiger partial charge in [-0.3, -0.25) is 4.99 Å². The lowest BCUT2D eigenvalue weighted by atomic mass is 10.6. The number of aliphatic imine (C=N–C) groups is 1. The van der Waals surface area contributed by atoms with Gasteiger partial charge in [0.05, 0.1) is 0 Å². The molecule has 0 aromatic carbocycles. The molecule has 1 nitrogen and oxygen atoms in total. The maximum atomic E-state index is 5.02. The van der Waals surface area contributed by atoms with Gasteiger partial charge in [0.1, 0.15) is 5.03 Å². The molecule has 0 heterocycles. The summed E-state index contributed by atoms with van der Waals surface area (Å²) in [5, 5.41) is 0.875. The second-order valence-corrected chi connectivity index (χ2v) is 2.07. The molecule has 0 aliphatic carbocycles. The van der Waals surface area contributed by atoms with Crippen molar-refractivity contribution in [2.75, 3.05) is 6.26 Å². The monoisotopic (exact) mass is 139 g/mol. The second kappa shape index (κ2) is 5.46. The molecule has 2 heteroatoms. The number of rotatable bonds is 2. The first-order valence-corrected chi connectivity index (χ1v) is 3.76. The molecule has 0 saturated heterocycles. The van der Waals surface area contributed by atoms with Gasteiger partial charge in [-0.1, -0.05) is 5.92 Å². The maximum Gasteiger partial charge on any atom is 0.104 e. The van der Waals surface area contributed by atoms with Crippen molar-refractivity contribution in [3.63, 3.8) is 0 Å². The second-order valence-electron chi connectivity index (χ2n) is 1.24. The normalized spacial score (nSPS) is 11.9. The van der Waals surface area contributed by atoms with Crippen LogP contribution in [-0.2, 0) is 0 Å². The average molecular weight is 139 g/mol. The van der Waals surface area contributed by atoms with Crippen LogP contribution in [0.1, 0.15) is 6.92 Å². The summed E-state index contributed by atoms with van der Waals surface area (Å²) in [6, 6.07) is 0. The van der Waals surface area contributed by atoms with Crippen molar-refractivity contribution in [3.8, 4) is 12.3 Å². The lowest BCUT2D eigenvalue weighted by Crippen LogP contribution is -1.67. The summed E-state index contributed by atoms with van der Waals surface area (Å²) >= 11 is 1.54. The van der Waals surface area contributed by atoms with Crippen molar-refractivity contribution in [1.82, 2.24) is 0 Å². The Kier molecular flexibility index (Phi) is 5.04. The van der Waals surface area contributed by atoms with Gasteiger partial charge in [-0.05, 0) is 13.2 Å². The molecule has 0 spiro atoms. The standard InChI is InChI=1S/C7H9NS/c1-4-6-7(9-3)8-5-2/h1,5-6H,2-3H3/b7-6+,8-5-. The minimum Gasteiger partial charge on any atom is -0.254 e. The summed E-state index contributed by atoms with van der Waals surface area (Å²) in [5.74, 6) is 2.41. The third-order valence-electron chi connectivity index (χ3n) is 0.672. The highest BCUT2D eigenvalue weighted by molar-refractivity contribution is 8.02. The molecule has 0 aromatic heterocycles. The molecule has 0 aliphatic heterocycles. The zero-order valence-electron chi connectivity index (χ0n) is 5.59. The number of terminal acetylenes is 1. The Labute approximate surface area is 60.3 Å². The lowest BCUT2D eigenvalue weighted by Gasteiger charge is -1.88. The van der Waals surface area contributed by atoms with Crippen LogP contribution in [0.3, 0.4) is 0 Å². The van der Waals surface area contributed by atoms with Gasteiger partial charge in [0.25, 0.3) is 0 Å². The summed E-state index contributed by atoms with van der Waals surface area (Å²) in [6.07, 6.45) is 10.3. The quantitative estimate of drug-likeness (QED) is 0.420. The van der Waals surface area contributed by atoms with Gasteiger partial charge in [0.15, 0.2) is 0 Å². The average Bonchev–Trinajstić information content (AvgIpc) is 1.88. The highest BCUT2D eigenvalue weighted by Crippen LogP contribution is 2.10. The molecule has 0 amide bonds. The number of allylic oxidation sites excluding steroid dienone is 1. The Morgan fingerprint density at radius 3 is 2.78 bits per heavy atom. The van der Waals surface area contributed by atoms with Gasteiger partial charge in [0, 0.05) is 12.3 Å². The van der Waals surface area contributed by atoms with Crippen molar-refractivity contribution in [2.45, 2.75) is 6.92 Å². The minimum absolute atomic E-state index is 0.875. The summed E-state index contributed by atoms with van der Waals surface area (Å²) in [4.78, 5) is 3.99. The molecule has 48 valence electrons. The predicted octanol–water partition coefficient (Wildman–Crippen LogP) is 1.91. The SMILES string of the molecule is C#C/C=C(\N=C/C)SC. The van der Waals surface area contributed by atoms with Crippen LogP contribution in [0.2, 0.25) is 0 Å². The van der Waals surface area contributed by atoms with E-state index in [1.54, 1.807) is 12.3 Å². The van der Waals surface area contributed by atoms with Crippen molar-refractivity contribution in [2.24, 2.45) is 4.99 Å². The molecule has 0 radical (unpaired) electrons. The largest absolute Gasteiger partial charge is 0.254 e. The van der Waals surface area contributed by atoms with Crippen LogP contribution in [0.15, 0.2) is 16.1 Å². The first kappa shape index (κ1) is 8.32. The molecule has 0 fully saturated rings. The Morgan fingerprint density at radius 1 is 1.78 bits per heavy atom. The third kappa shape index (κ3) is 3.87. The van der Waals surface area contributed by atoms with Gasteiger partial charge in [0.2, 0.25) is 0 Å².